The third-order valence-electron chi connectivity index (χ3n) is 3.72. The fraction of sp³-hybridized carbons (Fsp3) is 0.667. The van der Waals surface area contributed by atoms with Gasteiger partial charge in [0.2, 0.25) is 5.88 Å². The number of nitrogens with one attached hydrogen (secondary N) is 1. The molecule has 0 radical (unpaired) electrons. The molecule has 3 rings (SSSR count). The van der Waals surface area contributed by atoms with E-state index in [1.54, 1.807) is 7.11 Å². The van der Waals surface area contributed by atoms with Gasteiger partial charge in [-0.05, 0) is 18.8 Å². The normalized spacial score (nSPS) is 27.3. The molecule has 5 nitrogen and oxygen atoms in total. The first kappa shape index (κ1) is 10.8. The third-order valence-corrected chi connectivity index (χ3v) is 3.72. The molecule has 1 aromatic heterocycles. The minimum absolute atomic E-state index is 0.655. The molecule has 2 atom stereocenters. The highest BCUT2D eigenvalue weighted by Gasteiger charge is 2.36. The molecule has 1 aromatic rings. The Labute approximate surface area is 101 Å². The minimum atomic E-state index is 0.655. The Morgan fingerprint density at radius 3 is 2.65 bits per heavy atom. The molecule has 2 saturated heterocycles. The number of hydrogen-bond acceptors (Lipinski definition) is 5. The third kappa shape index (κ3) is 1.95. The standard InChI is InChI=1S/C12H18N4O/c1-8-14-11(3-12(15-8)17-2)16-6-9-4-13-5-10(9)7-16/h3,9-10,13H,4-7H2,1-2H3/t9-,10+. The summed E-state index contributed by atoms with van der Waals surface area (Å²) in [4.78, 5) is 11.1. The highest BCUT2D eigenvalue weighted by molar-refractivity contribution is 5.43. The molecule has 2 aliphatic rings. The summed E-state index contributed by atoms with van der Waals surface area (Å²) in [7, 11) is 1.65. The van der Waals surface area contributed by atoms with Crippen molar-refractivity contribution in [3.05, 3.63) is 11.9 Å². The summed E-state index contributed by atoms with van der Waals surface area (Å²) in [5.41, 5.74) is 0. The Morgan fingerprint density at radius 2 is 2.00 bits per heavy atom. The summed E-state index contributed by atoms with van der Waals surface area (Å²) >= 11 is 0. The minimum Gasteiger partial charge on any atom is -0.481 e. The lowest BCUT2D eigenvalue weighted by molar-refractivity contribution is 0.395. The van der Waals surface area contributed by atoms with Gasteiger partial charge in [0.05, 0.1) is 7.11 Å². The first-order valence-electron chi connectivity index (χ1n) is 6.11. The highest BCUT2D eigenvalue weighted by Crippen LogP contribution is 2.30. The van der Waals surface area contributed by atoms with Crippen LogP contribution < -0.4 is 15.0 Å². The SMILES string of the molecule is COc1cc(N2C[C@H]3CNC[C@H]3C2)nc(C)n1. The molecule has 0 spiro atoms. The number of aryl methyl sites for hydroxylation is 1. The predicted molar refractivity (Wildman–Crippen MR) is 65.4 cm³/mol. The monoisotopic (exact) mass is 234 g/mol. The lowest BCUT2D eigenvalue weighted by atomic mass is 10.0. The van der Waals surface area contributed by atoms with E-state index in [0.717, 1.165) is 49.7 Å². The number of ether oxygens (including phenoxy) is 1. The quantitative estimate of drug-likeness (QED) is 0.805. The largest absolute Gasteiger partial charge is 0.481 e. The van der Waals surface area contributed by atoms with E-state index in [2.05, 4.69) is 20.2 Å². The van der Waals surface area contributed by atoms with Crippen molar-refractivity contribution in [2.45, 2.75) is 6.92 Å². The van der Waals surface area contributed by atoms with Gasteiger partial charge in [-0.15, -0.1) is 0 Å². The number of aromatic nitrogens is 2. The van der Waals surface area contributed by atoms with Crippen molar-refractivity contribution >= 4 is 5.82 Å². The van der Waals surface area contributed by atoms with Crippen LogP contribution >= 0.6 is 0 Å². The van der Waals surface area contributed by atoms with E-state index in [9.17, 15) is 0 Å². The van der Waals surface area contributed by atoms with Gasteiger partial charge in [0.15, 0.2) is 0 Å². The molecule has 0 unspecified atom stereocenters. The van der Waals surface area contributed by atoms with Crippen LogP contribution in [-0.2, 0) is 0 Å². The summed E-state index contributed by atoms with van der Waals surface area (Å²) in [6.45, 7) is 6.38. The molecule has 5 heteroatoms. The molecule has 3 heterocycles. The molecule has 0 aliphatic carbocycles. The molecular formula is C12H18N4O. The van der Waals surface area contributed by atoms with Crippen molar-refractivity contribution in [1.82, 2.24) is 15.3 Å². The molecule has 0 saturated carbocycles. The van der Waals surface area contributed by atoms with Crippen molar-refractivity contribution in [3.63, 3.8) is 0 Å². The van der Waals surface area contributed by atoms with E-state index < -0.39 is 0 Å². The van der Waals surface area contributed by atoms with Crippen molar-refractivity contribution < 1.29 is 4.74 Å². The van der Waals surface area contributed by atoms with E-state index in [4.69, 9.17) is 4.74 Å². The summed E-state index contributed by atoms with van der Waals surface area (Å²) in [6.07, 6.45) is 0. The fourth-order valence-electron chi connectivity index (χ4n) is 2.83. The predicted octanol–water partition coefficient (Wildman–Crippen LogP) is 0.449. The van der Waals surface area contributed by atoms with Crippen LogP contribution in [0.15, 0.2) is 6.07 Å². The fourth-order valence-corrected chi connectivity index (χ4v) is 2.83. The summed E-state index contributed by atoms with van der Waals surface area (Å²) in [5.74, 6) is 3.98. The van der Waals surface area contributed by atoms with Crippen LogP contribution in [-0.4, -0.2) is 43.3 Å². The topological polar surface area (TPSA) is 50.3 Å². The zero-order chi connectivity index (χ0) is 11.8. The van der Waals surface area contributed by atoms with Gasteiger partial charge >= 0.3 is 0 Å². The molecule has 92 valence electrons. The van der Waals surface area contributed by atoms with Crippen molar-refractivity contribution in [3.8, 4) is 5.88 Å². The second-order valence-electron chi connectivity index (χ2n) is 4.90. The van der Waals surface area contributed by atoms with Gasteiger partial charge in [0, 0.05) is 32.2 Å². The zero-order valence-corrected chi connectivity index (χ0v) is 10.3. The Hall–Kier alpha value is -1.36. The molecule has 17 heavy (non-hydrogen) atoms. The number of fused-ring (bicyclic) bond motifs is 1. The van der Waals surface area contributed by atoms with Crippen LogP contribution in [0.25, 0.3) is 0 Å². The van der Waals surface area contributed by atoms with Gasteiger partial charge in [0.1, 0.15) is 11.6 Å². The van der Waals surface area contributed by atoms with E-state index in [1.807, 2.05) is 13.0 Å². The van der Waals surface area contributed by atoms with Crippen molar-refractivity contribution in [2.24, 2.45) is 11.8 Å². The highest BCUT2D eigenvalue weighted by atomic mass is 16.5. The van der Waals surface area contributed by atoms with Gasteiger partial charge < -0.3 is 15.0 Å². The first-order valence-corrected chi connectivity index (χ1v) is 6.11. The van der Waals surface area contributed by atoms with E-state index in [-0.39, 0.29) is 0 Å². The lowest BCUT2D eigenvalue weighted by Gasteiger charge is -2.19. The number of methoxy groups -OCH3 is 1. The first-order chi connectivity index (χ1) is 8.26. The Balaban J connectivity index is 1.82. The second-order valence-corrected chi connectivity index (χ2v) is 4.90. The van der Waals surface area contributed by atoms with E-state index in [0.29, 0.717) is 5.88 Å². The second kappa shape index (κ2) is 4.14. The molecule has 2 aliphatic heterocycles. The van der Waals surface area contributed by atoms with Gasteiger partial charge in [0.25, 0.3) is 0 Å². The summed E-state index contributed by atoms with van der Waals surface area (Å²) in [6, 6.07) is 1.93. The molecule has 1 N–H and O–H groups in total. The Kier molecular flexibility index (Phi) is 2.63. The zero-order valence-electron chi connectivity index (χ0n) is 10.3. The van der Waals surface area contributed by atoms with Gasteiger partial charge in [-0.1, -0.05) is 0 Å². The molecular weight excluding hydrogens is 216 g/mol. The van der Waals surface area contributed by atoms with Crippen LogP contribution in [0.4, 0.5) is 5.82 Å². The van der Waals surface area contributed by atoms with Crippen LogP contribution in [0.1, 0.15) is 5.82 Å². The van der Waals surface area contributed by atoms with Crippen LogP contribution in [0.2, 0.25) is 0 Å². The summed E-state index contributed by atoms with van der Waals surface area (Å²) < 4.78 is 5.20. The average molecular weight is 234 g/mol. The molecule has 0 amide bonds. The number of rotatable bonds is 2. The van der Waals surface area contributed by atoms with Gasteiger partial charge in [-0.25, -0.2) is 4.98 Å². The molecule has 2 fully saturated rings. The Morgan fingerprint density at radius 1 is 1.29 bits per heavy atom. The van der Waals surface area contributed by atoms with Gasteiger partial charge in [-0.3, -0.25) is 0 Å². The van der Waals surface area contributed by atoms with Crippen molar-refractivity contribution in [2.75, 3.05) is 38.2 Å². The van der Waals surface area contributed by atoms with Crippen LogP contribution in [0.5, 0.6) is 5.88 Å². The number of nitrogens with zero attached hydrogens (tertiary/aromatic N) is 3. The average Bonchev–Trinajstić information content (AvgIpc) is 2.88. The number of anilines is 1. The maximum absolute atomic E-state index is 5.20. The summed E-state index contributed by atoms with van der Waals surface area (Å²) in [5, 5.41) is 3.45. The van der Waals surface area contributed by atoms with Gasteiger partial charge in [-0.2, -0.15) is 4.98 Å². The molecule has 0 bridgehead atoms. The van der Waals surface area contributed by atoms with Crippen LogP contribution in [0, 0.1) is 18.8 Å². The maximum atomic E-state index is 5.20. The van der Waals surface area contributed by atoms with E-state index in [1.165, 1.54) is 0 Å². The Bertz CT molecular complexity index is 411. The smallest absolute Gasteiger partial charge is 0.218 e. The molecule has 0 aromatic carbocycles. The van der Waals surface area contributed by atoms with Crippen LogP contribution in [0.3, 0.4) is 0 Å². The number of hydrogen-bond donors (Lipinski definition) is 1. The van der Waals surface area contributed by atoms with E-state index >= 15 is 0 Å². The lowest BCUT2D eigenvalue weighted by Crippen LogP contribution is -2.26. The van der Waals surface area contributed by atoms with Crippen molar-refractivity contribution in [1.29, 1.82) is 0 Å². The maximum Gasteiger partial charge on any atom is 0.218 e.